The van der Waals surface area contributed by atoms with Crippen molar-refractivity contribution in [2.24, 2.45) is 0 Å². The van der Waals surface area contributed by atoms with E-state index in [9.17, 15) is 9.18 Å². The van der Waals surface area contributed by atoms with Crippen molar-refractivity contribution in [1.82, 2.24) is 0 Å². The molecule has 0 saturated carbocycles. The number of aliphatic hydroxyl groups excluding tert-OH is 1. The largest absolute Gasteiger partial charge is 0.390 e. The van der Waals surface area contributed by atoms with Gasteiger partial charge >= 0.3 is 0 Å². The van der Waals surface area contributed by atoms with Crippen LogP contribution in [0.4, 0.5) is 10.1 Å². The maximum Gasteiger partial charge on any atom is 0.227 e. The molecule has 0 fully saturated rings. The van der Waals surface area contributed by atoms with Gasteiger partial charge in [-0.3, -0.25) is 4.79 Å². The summed E-state index contributed by atoms with van der Waals surface area (Å²) in [4.78, 5) is 11.2. The zero-order valence-corrected chi connectivity index (χ0v) is 9.50. The first-order chi connectivity index (χ1) is 7.11. The summed E-state index contributed by atoms with van der Waals surface area (Å²) in [6, 6.07) is 6.98. The van der Waals surface area contributed by atoms with Crippen LogP contribution in [-0.2, 0) is 4.79 Å². The Bertz CT molecular complexity index is 329. The van der Waals surface area contributed by atoms with Crippen LogP contribution in [0.5, 0.6) is 0 Å². The van der Waals surface area contributed by atoms with Crippen LogP contribution in [0, 0.1) is 0 Å². The standard InChI is InChI=1S/C10H11BrFNO2/c11-7-1-3-8(4-2-7)13-10(15)5-9(14)6-12/h1-4,9,14H,5-6H2,(H,13,15). The first-order valence-electron chi connectivity index (χ1n) is 4.41. The molecule has 0 aliphatic rings. The highest BCUT2D eigenvalue weighted by Gasteiger charge is 2.10. The van der Waals surface area contributed by atoms with E-state index in [0.717, 1.165) is 4.47 Å². The summed E-state index contributed by atoms with van der Waals surface area (Å²) >= 11 is 3.26. The number of aliphatic hydroxyl groups is 1. The van der Waals surface area contributed by atoms with Gasteiger partial charge in [0.05, 0.1) is 12.5 Å². The quantitative estimate of drug-likeness (QED) is 0.884. The molecular weight excluding hydrogens is 265 g/mol. The Morgan fingerprint density at radius 2 is 2.07 bits per heavy atom. The number of alkyl halides is 1. The van der Waals surface area contributed by atoms with Gasteiger partial charge in [-0.2, -0.15) is 0 Å². The van der Waals surface area contributed by atoms with E-state index in [1.165, 1.54) is 0 Å². The lowest BCUT2D eigenvalue weighted by Gasteiger charge is -2.07. The minimum atomic E-state index is -1.22. The van der Waals surface area contributed by atoms with E-state index < -0.39 is 18.7 Å². The molecule has 0 aliphatic carbocycles. The molecule has 0 aromatic heterocycles. The Hall–Kier alpha value is -0.940. The Balaban J connectivity index is 2.48. The molecule has 0 aliphatic heterocycles. The molecule has 0 saturated heterocycles. The van der Waals surface area contributed by atoms with Crippen LogP contribution in [0.15, 0.2) is 28.7 Å². The van der Waals surface area contributed by atoms with Gasteiger partial charge in [-0.05, 0) is 24.3 Å². The van der Waals surface area contributed by atoms with Crippen molar-refractivity contribution in [1.29, 1.82) is 0 Å². The van der Waals surface area contributed by atoms with Gasteiger partial charge in [0, 0.05) is 10.2 Å². The number of carbonyl (C=O) groups excluding carboxylic acids is 1. The second-order valence-electron chi connectivity index (χ2n) is 3.07. The first-order valence-corrected chi connectivity index (χ1v) is 5.20. The molecular formula is C10H11BrFNO2. The van der Waals surface area contributed by atoms with E-state index in [1.54, 1.807) is 24.3 Å². The number of carbonyl (C=O) groups is 1. The average molecular weight is 276 g/mol. The highest BCUT2D eigenvalue weighted by atomic mass is 79.9. The Morgan fingerprint density at radius 3 is 2.60 bits per heavy atom. The predicted molar refractivity (Wildman–Crippen MR) is 59.4 cm³/mol. The predicted octanol–water partition coefficient (Wildman–Crippen LogP) is 2.11. The van der Waals surface area contributed by atoms with Crippen molar-refractivity contribution in [3.05, 3.63) is 28.7 Å². The molecule has 15 heavy (non-hydrogen) atoms. The summed E-state index contributed by atoms with van der Waals surface area (Å²) in [7, 11) is 0. The van der Waals surface area contributed by atoms with E-state index in [1.807, 2.05) is 0 Å². The topological polar surface area (TPSA) is 49.3 Å². The van der Waals surface area contributed by atoms with Gasteiger partial charge in [-0.1, -0.05) is 15.9 Å². The van der Waals surface area contributed by atoms with Crippen LogP contribution in [0.3, 0.4) is 0 Å². The monoisotopic (exact) mass is 275 g/mol. The number of amides is 1. The van der Waals surface area contributed by atoms with Gasteiger partial charge in [-0.15, -0.1) is 0 Å². The maximum atomic E-state index is 11.9. The summed E-state index contributed by atoms with van der Waals surface area (Å²) < 4.78 is 12.8. The van der Waals surface area contributed by atoms with Crippen LogP contribution in [0.2, 0.25) is 0 Å². The van der Waals surface area contributed by atoms with Gasteiger partial charge in [0.2, 0.25) is 5.91 Å². The fourth-order valence-electron chi connectivity index (χ4n) is 1.01. The number of hydrogen-bond donors (Lipinski definition) is 2. The average Bonchev–Trinajstić information content (AvgIpc) is 2.21. The van der Waals surface area contributed by atoms with Crippen LogP contribution < -0.4 is 5.32 Å². The Morgan fingerprint density at radius 1 is 1.47 bits per heavy atom. The van der Waals surface area contributed by atoms with Crippen LogP contribution in [0.25, 0.3) is 0 Å². The molecule has 3 nitrogen and oxygen atoms in total. The highest BCUT2D eigenvalue weighted by molar-refractivity contribution is 9.10. The first kappa shape index (κ1) is 12.1. The van der Waals surface area contributed by atoms with Crippen molar-refractivity contribution >= 4 is 27.5 Å². The molecule has 5 heteroatoms. The summed E-state index contributed by atoms with van der Waals surface area (Å²) in [5, 5.41) is 11.5. The SMILES string of the molecule is O=C(CC(O)CF)Nc1ccc(Br)cc1. The molecule has 0 heterocycles. The Kier molecular flexibility index (Phi) is 4.71. The van der Waals surface area contributed by atoms with E-state index in [0.29, 0.717) is 5.69 Å². The maximum absolute atomic E-state index is 11.9. The third-order valence-corrected chi connectivity index (χ3v) is 2.26. The lowest BCUT2D eigenvalue weighted by molar-refractivity contribution is -0.118. The molecule has 0 radical (unpaired) electrons. The second kappa shape index (κ2) is 5.82. The molecule has 1 aromatic carbocycles. The van der Waals surface area contributed by atoms with Crippen molar-refractivity contribution < 1.29 is 14.3 Å². The van der Waals surface area contributed by atoms with E-state index in [4.69, 9.17) is 5.11 Å². The number of anilines is 1. The zero-order valence-electron chi connectivity index (χ0n) is 7.91. The van der Waals surface area contributed by atoms with E-state index >= 15 is 0 Å². The third-order valence-electron chi connectivity index (χ3n) is 1.73. The second-order valence-corrected chi connectivity index (χ2v) is 3.98. The van der Waals surface area contributed by atoms with Gasteiger partial charge < -0.3 is 10.4 Å². The molecule has 0 spiro atoms. The Labute approximate surface area is 95.4 Å². The van der Waals surface area contributed by atoms with Gasteiger partial charge in [-0.25, -0.2) is 4.39 Å². The molecule has 1 rings (SSSR count). The summed E-state index contributed by atoms with van der Waals surface area (Å²) in [5.74, 6) is -0.400. The lowest BCUT2D eigenvalue weighted by atomic mass is 10.2. The number of rotatable bonds is 4. The van der Waals surface area contributed by atoms with E-state index in [-0.39, 0.29) is 6.42 Å². The lowest BCUT2D eigenvalue weighted by Crippen LogP contribution is -2.20. The molecule has 1 atom stereocenters. The molecule has 1 amide bonds. The fourth-order valence-corrected chi connectivity index (χ4v) is 1.28. The molecule has 1 aromatic rings. The third kappa shape index (κ3) is 4.40. The van der Waals surface area contributed by atoms with Crippen molar-refractivity contribution in [3.63, 3.8) is 0 Å². The van der Waals surface area contributed by atoms with Gasteiger partial charge in [0.15, 0.2) is 0 Å². The number of hydrogen-bond acceptors (Lipinski definition) is 2. The normalized spacial score (nSPS) is 12.2. The van der Waals surface area contributed by atoms with Crippen molar-refractivity contribution in [3.8, 4) is 0 Å². The summed E-state index contributed by atoms with van der Waals surface area (Å²) in [6.45, 7) is -0.909. The number of nitrogens with one attached hydrogen (secondary N) is 1. The van der Waals surface area contributed by atoms with Crippen LogP contribution in [-0.4, -0.2) is 23.8 Å². The van der Waals surface area contributed by atoms with Gasteiger partial charge in [0.1, 0.15) is 6.67 Å². The minimum absolute atomic E-state index is 0.230. The summed E-state index contributed by atoms with van der Waals surface area (Å²) in [6.07, 6.45) is -1.45. The smallest absolute Gasteiger partial charge is 0.227 e. The molecule has 82 valence electrons. The van der Waals surface area contributed by atoms with Crippen molar-refractivity contribution in [2.75, 3.05) is 12.0 Å². The summed E-state index contributed by atoms with van der Waals surface area (Å²) in [5.41, 5.74) is 0.620. The zero-order chi connectivity index (χ0) is 11.3. The number of halogens is 2. The molecule has 0 bridgehead atoms. The van der Waals surface area contributed by atoms with E-state index in [2.05, 4.69) is 21.2 Å². The molecule has 2 N–H and O–H groups in total. The van der Waals surface area contributed by atoms with Crippen molar-refractivity contribution in [2.45, 2.75) is 12.5 Å². The number of benzene rings is 1. The highest BCUT2D eigenvalue weighted by Crippen LogP contribution is 2.14. The van der Waals surface area contributed by atoms with Gasteiger partial charge in [0.25, 0.3) is 0 Å². The molecule has 1 unspecified atom stereocenters. The van der Waals surface area contributed by atoms with Crippen LogP contribution >= 0.6 is 15.9 Å². The minimum Gasteiger partial charge on any atom is -0.390 e. The van der Waals surface area contributed by atoms with Crippen LogP contribution in [0.1, 0.15) is 6.42 Å². The fraction of sp³-hybridized carbons (Fsp3) is 0.300.